The maximum atomic E-state index is 12.7. The number of benzene rings is 1. The molecule has 0 aliphatic carbocycles. The van der Waals surface area contributed by atoms with Crippen LogP contribution in [0.4, 0.5) is 16.2 Å². The number of carbonyl (C=O) groups excluding carboxylic acids is 2. The molecule has 28 heavy (non-hydrogen) atoms. The van der Waals surface area contributed by atoms with Crippen LogP contribution in [0.3, 0.4) is 0 Å². The fourth-order valence-electron chi connectivity index (χ4n) is 2.53. The molecule has 0 saturated carbocycles. The van der Waals surface area contributed by atoms with Gasteiger partial charge in [-0.3, -0.25) is 10.1 Å². The number of urea groups is 1. The highest BCUT2D eigenvalue weighted by atomic mass is 32.2. The summed E-state index contributed by atoms with van der Waals surface area (Å²) in [6.07, 6.45) is 0. The Kier molecular flexibility index (Phi) is 9.20. The van der Waals surface area contributed by atoms with Crippen LogP contribution in [0, 0.1) is 0 Å². The van der Waals surface area contributed by atoms with Crippen molar-refractivity contribution in [1.82, 2.24) is 14.9 Å². The first-order valence-corrected chi connectivity index (χ1v) is 10.8. The van der Waals surface area contributed by atoms with E-state index in [9.17, 15) is 18.0 Å². The molecule has 0 atom stereocenters. The lowest BCUT2D eigenvalue weighted by Gasteiger charge is -2.20. The van der Waals surface area contributed by atoms with E-state index < -0.39 is 22.0 Å². The third-order valence-electron chi connectivity index (χ3n) is 3.81. The average Bonchev–Trinajstić information content (AvgIpc) is 2.61. The highest BCUT2D eigenvalue weighted by molar-refractivity contribution is 7.89. The zero-order valence-electron chi connectivity index (χ0n) is 17.1. The Hall–Kier alpha value is -2.33. The lowest BCUT2D eigenvalue weighted by Crippen LogP contribution is -2.44. The Labute approximate surface area is 167 Å². The van der Waals surface area contributed by atoms with Gasteiger partial charge in [0.1, 0.15) is 0 Å². The van der Waals surface area contributed by atoms with Gasteiger partial charge in [-0.05, 0) is 39.0 Å². The van der Waals surface area contributed by atoms with E-state index in [1.165, 1.54) is 16.4 Å². The van der Waals surface area contributed by atoms with Gasteiger partial charge in [0, 0.05) is 25.7 Å². The van der Waals surface area contributed by atoms with Gasteiger partial charge in [0.25, 0.3) is 0 Å². The quantitative estimate of drug-likeness (QED) is 0.464. The Morgan fingerprint density at radius 1 is 1.04 bits per heavy atom. The number of rotatable bonds is 10. The fourth-order valence-corrected chi connectivity index (χ4v) is 4.02. The summed E-state index contributed by atoms with van der Waals surface area (Å²) < 4.78 is 26.9. The van der Waals surface area contributed by atoms with E-state index >= 15 is 0 Å². The van der Waals surface area contributed by atoms with Gasteiger partial charge in [-0.2, -0.15) is 4.31 Å². The fraction of sp³-hybridized carbons (Fsp3) is 0.556. The number of hydrogen-bond acceptors (Lipinski definition) is 6. The molecule has 0 saturated heterocycles. The van der Waals surface area contributed by atoms with E-state index in [1.54, 1.807) is 33.8 Å². The lowest BCUT2D eigenvalue weighted by atomic mass is 10.2. The molecule has 10 heteroatoms. The van der Waals surface area contributed by atoms with Crippen molar-refractivity contribution in [2.75, 3.05) is 36.8 Å². The smallest absolute Gasteiger partial charge is 0.321 e. The first kappa shape index (κ1) is 23.7. The summed E-state index contributed by atoms with van der Waals surface area (Å²) >= 11 is 0. The highest BCUT2D eigenvalue weighted by Gasteiger charge is 2.22. The number of imide groups is 1. The van der Waals surface area contributed by atoms with Gasteiger partial charge in [-0.1, -0.05) is 13.8 Å². The van der Waals surface area contributed by atoms with Crippen molar-refractivity contribution in [3.8, 4) is 0 Å². The average molecular weight is 414 g/mol. The molecule has 1 aromatic carbocycles. The molecule has 0 aliphatic heterocycles. The van der Waals surface area contributed by atoms with E-state index in [0.29, 0.717) is 31.0 Å². The molecule has 1 aromatic rings. The molecule has 4 N–H and O–H groups in total. The Bertz CT molecular complexity index is 776. The van der Waals surface area contributed by atoms with Crippen LogP contribution in [0.1, 0.15) is 34.6 Å². The maximum Gasteiger partial charge on any atom is 0.321 e. The highest BCUT2D eigenvalue weighted by Crippen LogP contribution is 2.27. The van der Waals surface area contributed by atoms with Gasteiger partial charge in [0.05, 0.1) is 22.8 Å². The SMILES string of the molecule is CCNc1ccc(S(=O)(=O)N(CC)CC)cc1NCC(=O)NC(=O)NC(C)C. The van der Waals surface area contributed by atoms with E-state index in [0.717, 1.165) is 0 Å². The first-order chi connectivity index (χ1) is 13.1. The molecule has 0 heterocycles. The van der Waals surface area contributed by atoms with Gasteiger partial charge in [0.2, 0.25) is 15.9 Å². The van der Waals surface area contributed by atoms with Crippen molar-refractivity contribution in [2.45, 2.75) is 45.6 Å². The normalized spacial score (nSPS) is 11.4. The molecular formula is C18H31N5O4S. The predicted molar refractivity (Wildman–Crippen MR) is 111 cm³/mol. The second kappa shape index (κ2) is 10.9. The minimum Gasteiger partial charge on any atom is -0.384 e. The number of amides is 3. The van der Waals surface area contributed by atoms with E-state index in [-0.39, 0.29) is 17.5 Å². The van der Waals surface area contributed by atoms with Crippen LogP contribution in [0.5, 0.6) is 0 Å². The van der Waals surface area contributed by atoms with Crippen LogP contribution >= 0.6 is 0 Å². The van der Waals surface area contributed by atoms with E-state index in [1.807, 2.05) is 6.92 Å². The molecule has 0 fully saturated rings. The van der Waals surface area contributed by atoms with Crippen LogP contribution < -0.4 is 21.3 Å². The monoisotopic (exact) mass is 413 g/mol. The van der Waals surface area contributed by atoms with Gasteiger partial charge < -0.3 is 16.0 Å². The number of sulfonamides is 1. The maximum absolute atomic E-state index is 12.7. The van der Waals surface area contributed by atoms with Crippen LogP contribution in [-0.4, -0.2) is 56.9 Å². The Morgan fingerprint density at radius 3 is 2.21 bits per heavy atom. The van der Waals surface area contributed by atoms with Gasteiger partial charge >= 0.3 is 6.03 Å². The topological polar surface area (TPSA) is 120 Å². The van der Waals surface area contributed by atoms with Crippen LogP contribution in [0.2, 0.25) is 0 Å². The molecule has 9 nitrogen and oxygen atoms in total. The van der Waals surface area contributed by atoms with Gasteiger partial charge in [-0.15, -0.1) is 0 Å². The summed E-state index contributed by atoms with van der Waals surface area (Å²) in [4.78, 5) is 23.7. The molecule has 0 radical (unpaired) electrons. The zero-order chi connectivity index (χ0) is 21.3. The zero-order valence-corrected chi connectivity index (χ0v) is 17.9. The van der Waals surface area contributed by atoms with E-state index in [2.05, 4.69) is 21.3 Å². The number of nitrogens with one attached hydrogen (secondary N) is 4. The number of hydrogen-bond donors (Lipinski definition) is 4. The number of nitrogens with zero attached hydrogens (tertiary/aromatic N) is 1. The minimum atomic E-state index is -3.63. The summed E-state index contributed by atoms with van der Waals surface area (Å²) in [5, 5.41) is 10.8. The minimum absolute atomic E-state index is 0.0944. The summed E-state index contributed by atoms with van der Waals surface area (Å²) in [5.41, 5.74) is 1.13. The third kappa shape index (κ3) is 6.68. The number of carbonyl (C=O) groups is 2. The molecule has 0 unspecified atom stereocenters. The summed E-state index contributed by atoms with van der Waals surface area (Å²) in [7, 11) is -3.63. The molecule has 0 spiro atoms. The van der Waals surface area contributed by atoms with Crippen molar-refractivity contribution in [1.29, 1.82) is 0 Å². The van der Waals surface area contributed by atoms with Crippen molar-refractivity contribution < 1.29 is 18.0 Å². The lowest BCUT2D eigenvalue weighted by molar-refractivity contribution is -0.118. The van der Waals surface area contributed by atoms with Crippen LogP contribution in [0.25, 0.3) is 0 Å². The Morgan fingerprint density at radius 2 is 1.68 bits per heavy atom. The Balaban J connectivity index is 3.00. The molecule has 0 aliphatic rings. The molecule has 1 rings (SSSR count). The summed E-state index contributed by atoms with van der Waals surface area (Å²) in [6.45, 7) is 10.2. The first-order valence-electron chi connectivity index (χ1n) is 9.37. The van der Waals surface area contributed by atoms with Crippen LogP contribution in [-0.2, 0) is 14.8 Å². The van der Waals surface area contributed by atoms with Crippen molar-refractivity contribution in [3.63, 3.8) is 0 Å². The predicted octanol–water partition coefficient (Wildman–Crippen LogP) is 1.79. The van der Waals surface area contributed by atoms with Gasteiger partial charge in [0.15, 0.2) is 0 Å². The second-order valence-electron chi connectivity index (χ2n) is 6.36. The largest absolute Gasteiger partial charge is 0.384 e. The molecule has 3 amide bonds. The molecular weight excluding hydrogens is 382 g/mol. The third-order valence-corrected chi connectivity index (χ3v) is 5.86. The van der Waals surface area contributed by atoms with Crippen molar-refractivity contribution >= 4 is 33.3 Å². The molecule has 0 aromatic heterocycles. The second-order valence-corrected chi connectivity index (χ2v) is 8.29. The van der Waals surface area contributed by atoms with Crippen LogP contribution in [0.15, 0.2) is 23.1 Å². The molecule has 0 bridgehead atoms. The summed E-state index contributed by atoms with van der Waals surface area (Å²) in [5.74, 6) is -0.530. The number of anilines is 2. The molecule has 158 valence electrons. The standard InChI is InChI=1S/C18H31N5O4S/c1-6-19-15-10-9-14(28(26,27)23(7-2)8-3)11-16(15)20-12-17(24)22-18(25)21-13(4)5/h9-11,13,19-20H,6-8,12H2,1-5H3,(H2,21,22,24,25). The van der Waals surface area contributed by atoms with E-state index in [4.69, 9.17) is 0 Å². The van der Waals surface area contributed by atoms with Gasteiger partial charge in [-0.25, -0.2) is 13.2 Å². The van der Waals surface area contributed by atoms with Crippen molar-refractivity contribution in [3.05, 3.63) is 18.2 Å². The summed E-state index contributed by atoms with van der Waals surface area (Å²) in [6, 6.07) is 4.01. The van der Waals surface area contributed by atoms with Crippen molar-refractivity contribution in [2.24, 2.45) is 0 Å².